The summed E-state index contributed by atoms with van der Waals surface area (Å²) in [5.41, 5.74) is 0.307. The van der Waals surface area contributed by atoms with Crippen LogP contribution in [0.25, 0.3) is 0 Å². The molecule has 1 fully saturated rings. The normalized spacial score (nSPS) is 20.6. The van der Waals surface area contributed by atoms with Gasteiger partial charge in [-0.05, 0) is 51.3 Å². The van der Waals surface area contributed by atoms with Crippen molar-refractivity contribution < 1.29 is 22.1 Å². The molecule has 1 saturated heterocycles. The zero-order valence-corrected chi connectivity index (χ0v) is 13.7. The number of alkyl halides is 3. The number of piperidine rings is 1. The fourth-order valence-corrected chi connectivity index (χ4v) is 4.16. The van der Waals surface area contributed by atoms with E-state index in [0.29, 0.717) is 12.1 Å². The quantitative estimate of drug-likeness (QED) is 0.829. The molecule has 0 saturated carbocycles. The molecule has 0 spiro atoms. The lowest BCUT2D eigenvalue weighted by molar-refractivity contribution is -0.275. The van der Waals surface area contributed by atoms with E-state index in [1.54, 1.807) is 17.3 Å². The molecule has 1 aromatic carbocycles. The van der Waals surface area contributed by atoms with E-state index >= 15 is 0 Å². The summed E-state index contributed by atoms with van der Waals surface area (Å²) < 4.78 is 56.4. The van der Waals surface area contributed by atoms with Crippen molar-refractivity contribution in [1.82, 2.24) is 4.31 Å². The van der Waals surface area contributed by atoms with Gasteiger partial charge in [0.05, 0.1) is 4.90 Å². The van der Waals surface area contributed by atoms with E-state index in [-0.39, 0.29) is 16.2 Å². The Morgan fingerprint density at radius 1 is 1.27 bits per heavy atom. The van der Waals surface area contributed by atoms with Crippen molar-refractivity contribution in [1.29, 1.82) is 0 Å². The second-order valence-electron chi connectivity index (χ2n) is 6.12. The summed E-state index contributed by atoms with van der Waals surface area (Å²) in [7, 11) is -1.69. The van der Waals surface area contributed by atoms with Crippen LogP contribution in [0.15, 0.2) is 23.1 Å². The van der Waals surface area contributed by atoms with Crippen LogP contribution in [0.1, 0.15) is 38.7 Å². The number of hydrogen-bond acceptors (Lipinski definition) is 2. The van der Waals surface area contributed by atoms with Crippen LogP contribution >= 0.6 is 0 Å². The van der Waals surface area contributed by atoms with Crippen molar-refractivity contribution in [2.24, 2.45) is 0 Å². The lowest BCUT2D eigenvalue weighted by Gasteiger charge is -2.41. The molecular weight excluding hydrogens is 315 g/mol. The monoisotopic (exact) mass is 335 g/mol. The topological polar surface area (TPSA) is 29.5 Å². The molecule has 1 unspecified atom stereocenters. The third-order valence-corrected chi connectivity index (χ3v) is 5.58. The van der Waals surface area contributed by atoms with Crippen molar-refractivity contribution in [3.8, 4) is 5.75 Å². The van der Waals surface area contributed by atoms with Crippen LogP contribution in [0.4, 0.5) is 13.2 Å². The molecule has 0 bridgehead atoms. The number of nitrogens with zero attached hydrogens (tertiary/aromatic N) is 1. The first-order valence-corrected chi connectivity index (χ1v) is 8.27. The van der Waals surface area contributed by atoms with Gasteiger partial charge in [-0.1, -0.05) is 12.5 Å². The molecular formula is C15H20F3NO2S. The average Bonchev–Trinajstić information content (AvgIpc) is 2.35. The van der Waals surface area contributed by atoms with Gasteiger partial charge in [-0.2, -0.15) is 0 Å². The van der Waals surface area contributed by atoms with E-state index in [2.05, 4.69) is 4.74 Å². The molecule has 3 nitrogen and oxygen atoms in total. The van der Waals surface area contributed by atoms with Crippen molar-refractivity contribution >= 4 is 11.0 Å². The van der Waals surface area contributed by atoms with Crippen molar-refractivity contribution in [3.05, 3.63) is 23.8 Å². The highest BCUT2D eigenvalue weighted by Crippen LogP contribution is 2.35. The van der Waals surface area contributed by atoms with Gasteiger partial charge in [0.15, 0.2) is 0 Å². The molecule has 7 heteroatoms. The molecule has 0 aliphatic carbocycles. The first-order chi connectivity index (χ1) is 10.1. The van der Waals surface area contributed by atoms with Crippen LogP contribution in [0, 0.1) is 6.92 Å². The van der Waals surface area contributed by atoms with Gasteiger partial charge in [-0.25, -0.2) is 8.51 Å². The summed E-state index contributed by atoms with van der Waals surface area (Å²) in [6.07, 6.45) is -2.03. The van der Waals surface area contributed by atoms with E-state index in [1.807, 2.05) is 13.8 Å². The Bertz CT molecular complexity index is 572. The average molecular weight is 335 g/mol. The van der Waals surface area contributed by atoms with Crippen LogP contribution in [0.5, 0.6) is 5.75 Å². The van der Waals surface area contributed by atoms with Gasteiger partial charge in [0.2, 0.25) is 0 Å². The van der Waals surface area contributed by atoms with Crippen LogP contribution in [-0.4, -0.2) is 27.0 Å². The van der Waals surface area contributed by atoms with Gasteiger partial charge in [0.1, 0.15) is 16.7 Å². The molecule has 1 aromatic rings. The molecule has 1 atom stereocenters. The Morgan fingerprint density at radius 3 is 2.55 bits per heavy atom. The third kappa shape index (κ3) is 4.01. The molecule has 0 radical (unpaired) electrons. The SMILES string of the molecule is Cc1ccc(S(=O)N2CCCCC2(C)C)c(OC(F)(F)F)c1. The maximum atomic E-state index is 12.8. The summed E-state index contributed by atoms with van der Waals surface area (Å²) >= 11 is 0. The van der Waals surface area contributed by atoms with E-state index < -0.39 is 17.3 Å². The summed E-state index contributed by atoms with van der Waals surface area (Å²) in [6, 6.07) is 4.38. The van der Waals surface area contributed by atoms with Gasteiger partial charge in [0.25, 0.3) is 0 Å². The number of rotatable bonds is 3. The van der Waals surface area contributed by atoms with Crippen LogP contribution in [0.3, 0.4) is 0 Å². The number of halogens is 3. The van der Waals surface area contributed by atoms with Gasteiger partial charge < -0.3 is 4.74 Å². The van der Waals surface area contributed by atoms with E-state index in [0.717, 1.165) is 19.3 Å². The smallest absolute Gasteiger partial charge is 0.404 e. The Morgan fingerprint density at radius 2 is 1.95 bits per heavy atom. The largest absolute Gasteiger partial charge is 0.573 e. The molecule has 0 aromatic heterocycles. The minimum Gasteiger partial charge on any atom is -0.404 e. The van der Waals surface area contributed by atoms with Crippen LogP contribution in [0.2, 0.25) is 0 Å². The Balaban J connectivity index is 2.37. The van der Waals surface area contributed by atoms with Crippen molar-refractivity contribution in [2.45, 2.75) is 56.8 Å². The third-order valence-electron chi connectivity index (χ3n) is 3.79. The van der Waals surface area contributed by atoms with Gasteiger partial charge in [-0.15, -0.1) is 13.2 Å². The molecule has 0 amide bonds. The van der Waals surface area contributed by atoms with E-state index in [9.17, 15) is 17.4 Å². The molecule has 124 valence electrons. The predicted octanol–water partition coefficient (Wildman–Crippen LogP) is 4.18. The Hall–Kier alpha value is -1.08. The fourth-order valence-electron chi connectivity index (χ4n) is 2.63. The van der Waals surface area contributed by atoms with Gasteiger partial charge in [0, 0.05) is 12.1 Å². The zero-order chi connectivity index (χ0) is 16.5. The molecule has 0 N–H and O–H groups in total. The lowest BCUT2D eigenvalue weighted by atomic mass is 9.93. The molecule has 1 aliphatic rings. The number of hydrogen-bond donors (Lipinski definition) is 0. The number of benzene rings is 1. The molecule has 1 heterocycles. The molecule has 1 aliphatic heterocycles. The first kappa shape index (κ1) is 17.3. The first-order valence-electron chi connectivity index (χ1n) is 7.16. The summed E-state index contributed by atoms with van der Waals surface area (Å²) in [5.74, 6) is -0.382. The van der Waals surface area contributed by atoms with Crippen LogP contribution in [-0.2, 0) is 11.0 Å². The molecule has 2 rings (SSSR count). The maximum Gasteiger partial charge on any atom is 0.573 e. The Kier molecular flexibility index (Phi) is 4.87. The van der Waals surface area contributed by atoms with E-state index in [1.165, 1.54) is 12.1 Å². The van der Waals surface area contributed by atoms with Crippen LogP contribution < -0.4 is 4.74 Å². The van der Waals surface area contributed by atoms with Gasteiger partial charge >= 0.3 is 6.36 Å². The number of ether oxygens (including phenoxy) is 1. The maximum absolute atomic E-state index is 12.8. The molecule has 22 heavy (non-hydrogen) atoms. The summed E-state index contributed by atoms with van der Waals surface area (Å²) in [4.78, 5) is 0.0675. The lowest BCUT2D eigenvalue weighted by Crippen LogP contribution is -2.48. The standard InChI is InChI=1S/C15H20F3NO2S/c1-11-6-7-13(12(10-11)21-15(16,17)18)22(20)19-9-5-4-8-14(19,2)3/h6-7,10H,4-5,8-9H2,1-3H3. The number of aryl methyl sites for hydroxylation is 1. The fraction of sp³-hybridized carbons (Fsp3) is 0.600. The summed E-state index contributed by atoms with van der Waals surface area (Å²) in [5, 5.41) is 0. The second kappa shape index (κ2) is 6.20. The van der Waals surface area contributed by atoms with Crippen molar-refractivity contribution in [2.75, 3.05) is 6.54 Å². The highest BCUT2D eigenvalue weighted by molar-refractivity contribution is 7.82. The predicted molar refractivity (Wildman–Crippen MR) is 78.9 cm³/mol. The zero-order valence-electron chi connectivity index (χ0n) is 12.9. The minimum absolute atomic E-state index is 0.0675. The minimum atomic E-state index is -4.80. The second-order valence-corrected chi connectivity index (χ2v) is 7.50. The van der Waals surface area contributed by atoms with Crippen molar-refractivity contribution in [3.63, 3.8) is 0 Å². The summed E-state index contributed by atoms with van der Waals surface area (Å²) in [6.45, 7) is 6.19. The highest BCUT2D eigenvalue weighted by Gasteiger charge is 2.37. The highest BCUT2D eigenvalue weighted by atomic mass is 32.2. The van der Waals surface area contributed by atoms with E-state index in [4.69, 9.17) is 0 Å². The Labute approximate surface area is 131 Å². The van der Waals surface area contributed by atoms with Gasteiger partial charge in [-0.3, -0.25) is 0 Å².